The van der Waals surface area contributed by atoms with Crippen LogP contribution in [-0.2, 0) is 10.8 Å². The molecular formula is C38H31N. The summed E-state index contributed by atoms with van der Waals surface area (Å²) in [6.07, 6.45) is 0. The molecule has 0 heterocycles. The molecule has 0 amide bonds. The van der Waals surface area contributed by atoms with E-state index in [2.05, 4.69) is 142 Å². The largest absolute Gasteiger partial charge is 0.356 e. The number of para-hydroxylation sites is 1. The fraction of sp³-hybridized carbons (Fsp3) is 0.158. The summed E-state index contributed by atoms with van der Waals surface area (Å²) < 4.78 is 0. The summed E-state index contributed by atoms with van der Waals surface area (Å²) in [6.45, 7) is 9.55. The van der Waals surface area contributed by atoms with Gasteiger partial charge in [0.05, 0.1) is 0 Å². The van der Waals surface area contributed by atoms with Crippen molar-refractivity contribution in [2.75, 3.05) is 5.32 Å². The van der Waals surface area contributed by atoms with Crippen molar-refractivity contribution in [1.29, 1.82) is 0 Å². The fourth-order valence-electron chi connectivity index (χ4n) is 7.23. The highest BCUT2D eigenvalue weighted by atomic mass is 14.9. The van der Waals surface area contributed by atoms with Gasteiger partial charge in [-0.3, -0.25) is 0 Å². The van der Waals surface area contributed by atoms with Crippen molar-refractivity contribution in [3.05, 3.63) is 131 Å². The lowest BCUT2D eigenvalue weighted by atomic mass is 9.79. The highest BCUT2D eigenvalue weighted by molar-refractivity contribution is 6.10. The van der Waals surface area contributed by atoms with Gasteiger partial charge >= 0.3 is 0 Å². The van der Waals surface area contributed by atoms with Crippen LogP contribution in [0.2, 0.25) is 0 Å². The Balaban J connectivity index is 1.31. The molecule has 2 aliphatic carbocycles. The fourth-order valence-corrected chi connectivity index (χ4v) is 7.23. The van der Waals surface area contributed by atoms with Crippen molar-refractivity contribution in [1.82, 2.24) is 0 Å². The number of rotatable bonds is 2. The number of fused-ring (bicyclic) bond motifs is 9. The second-order valence-corrected chi connectivity index (χ2v) is 12.4. The number of anilines is 2. The summed E-state index contributed by atoms with van der Waals surface area (Å²) in [5.41, 5.74) is 13.3. The van der Waals surface area contributed by atoms with E-state index >= 15 is 0 Å². The molecule has 0 fully saturated rings. The van der Waals surface area contributed by atoms with Crippen LogP contribution in [0, 0.1) is 0 Å². The predicted octanol–water partition coefficient (Wildman–Crippen LogP) is 10.3. The lowest BCUT2D eigenvalue weighted by molar-refractivity contribution is 0.652. The normalized spacial score (nSPS) is 15.6. The maximum Gasteiger partial charge on any atom is 0.0387 e. The van der Waals surface area contributed by atoms with Gasteiger partial charge in [0.2, 0.25) is 0 Å². The number of nitrogens with one attached hydrogen (secondary N) is 1. The Morgan fingerprint density at radius 1 is 0.410 bits per heavy atom. The predicted molar refractivity (Wildman–Crippen MR) is 166 cm³/mol. The number of hydrogen-bond acceptors (Lipinski definition) is 1. The summed E-state index contributed by atoms with van der Waals surface area (Å²) in [4.78, 5) is 0. The van der Waals surface area contributed by atoms with Crippen molar-refractivity contribution < 1.29 is 0 Å². The Bertz CT molecular complexity index is 1970. The third kappa shape index (κ3) is 3.08. The summed E-state index contributed by atoms with van der Waals surface area (Å²) in [5.74, 6) is 0. The van der Waals surface area contributed by atoms with Gasteiger partial charge in [0.1, 0.15) is 0 Å². The van der Waals surface area contributed by atoms with E-state index in [-0.39, 0.29) is 10.8 Å². The van der Waals surface area contributed by atoms with Gasteiger partial charge in [-0.1, -0.05) is 88.4 Å². The minimum absolute atomic E-state index is 0.0543. The van der Waals surface area contributed by atoms with Gasteiger partial charge in [0.15, 0.2) is 0 Å². The zero-order chi connectivity index (χ0) is 26.5. The van der Waals surface area contributed by atoms with E-state index in [9.17, 15) is 0 Å². The molecule has 8 rings (SSSR count). The van der Waals surface area contributed by atoms with Crippen molar-refractivity contribution in [3.63, 3.8) is 0 Å². The van der Waals surface area contributed by atoms with Gasteiger partial charge in [-0.2, -0.15) is 0 Å². The number of hydrogen-bond donors (Lipinski definition) is 1. The van der Waals surface area contributed by atoms with Gasteiger partial charge in [-0.25, -0.2) is 0 Å². The Kier molecular flexibility index (Phi) is 4.41. The molecule has 39 heavy (non-hydrogen) atoms. The van der Waals surface area contributed by atoms with E-state index in [0.29, 0.717) is 0 Å². The van der Waals surface area contributed by atoms with Crippen molar-refractivity contribution in [2.45, 2.75) is 38.5 Å². The average Bonchev–Trinajstić information content (AvgIpc) is 3.30. The van der Waals surface area contributed by atoms with Crippen LogP contribution < -0.4 is 5.32 Å². The quantitative estimate of drug-likeness (QED) is 0.233. The van der Waals surface area contributed by atoms with Crippen molar-refractivity contribution in [2.24, 2.45) is 0 Å². The van der Waals surface area contributed by atoms with Crippen molar-refractivity contribution >= 4 is 32.9 Å². The standard InChI is InChI=1S/C38H31N/c1-37(2)33-18-24-15-14-23-10-8-9-13-27(23)29(24)20-30(33)32-22-35-31(21-36(32)37)28-17-16-26(19-34(28)38(35,3)4)39-25-11-6-5-7-12-25/h5-22,39H,1-4H3. The molecule has 1 heteroatoms. The smallest absolute Gasteiger partial charge is 0.0387 e. The zero-order valence-electron chi connectivity index (χ0n) is 22.9. The molecule has 0 spiro atoms. The zero-order valence-corrected chi connectivity index (χ0v) is 22.9. The first-order chi connectivity index (χ1) is 18.8. The van der Waals surface area contributed by atoms with Gasteiger partial charge in [-0.15, -0.1) is 0 Å². The van der Waals surface area contributed by atoms with Gasteiger partial charge < -0.3 is 5.32 Å². The molecule has 0 unspecified atom stereocenters. The molecule has 0 radical (unpaired) electrons. The third-order valence-corrected chi connectivity index (χ3v) is 9.40. The van der Waals surface area contributed by atoms with E-state index in [4.69, 9.17) is 0 Å². The third-order valence-electron chi connectivity index (χ3n) is 9.40. The molecule has 0 aliphatic heterocycles. The van der Waals surface area contributed by atoms with Crippen molar-refractivity contribution in [3.8, 4) is 22.3 Å². The first-order valence-electron chi connectivity index (χ1n) is 13.9. The van der Waals surface area contributed by atoms with Crippen LogP contribution in [0.1, 0.15) is 49.9 Å². The van der Waals surface area contributed by atoms with Crippen LogP contribution in [0.5, 0.6) is 0 Å². The lowest BCUT2D eigenvalue weighted by Gasteiger charge is -2.24. The summed E-state index contributed by atoms with van der Waals surface area (Å²) in [6, 6.07) is 40.6. The van der Waals surface area contributed by atoms with Gasteiger partial charge in [0.25, 0.3) is 0 Å². The first-order valence-corrected chi connectivity index (χ1v) is 13.9. The van der Waals surface area contributed by atoms with E-state index in [1.54, 1.807) is 0 Å². The highest BCUT2D eigenvalue weighted by Crippen LogP contribution is 2.57. The monoisotopic (exact) mass is 501 g/mol. The van der Waals surface area contributed by atoms with Crippen LogP contribution in [-0.4, -0.2) is 0 Å². The molecule has 0 atom stereocenters. The van der Waals surface area contributed by atoms with E-state index in [1.165, 1.54) is 66.1 Å². The Morgan fingerprint density at radius 2 is 1.00 bits per heavy atom. The molecule has 0 saturated carbocycles. The van der Waals surface area contributed by atoms with Crippen LogP contribution in [0.4, 0.5) is 11.4 Å². The van der Waals surface area contributed by atoms with Crippen LogP contribution in [0.25, 0.3) is 43.8 Å². The van der Waals surface area contributed by atoms with E-state index in [0.717, 1.165) is 11.4 Å². The van der Waals surface area contributed by atoms with Crippen LogP contribution in [0.3, 0.4) is 0 Å². The topological polar surface area (TPSA) is 12.0 Å². The Labute approximate surface area is 230 Å². The molecule has 0 saturated heterocycles. The SMILES string of the molecule is CC1(C)c2cc(Nc3ccccc3)ccc2-c2cc3c(cc21)-c1cc2c(ccc4ccccc42)cc1C3(C)C. The van der Waals surface area contributed by atoms with Crippen LogP contribution in [0.15, 0.2) is 109 Å². The summed E-state index contributed by atoms with van der Waals surface area (Å²) >= 11 is 0. The maximum atomic E-state index is 3.60. The van der Waals surface area contributed by atoms with E-state index < -0.39 is 0 Å². The molecule has 188 valence electrons. The van der Waals surface area contributed by atoms with Gasteiger partial charge in [0, 0.05) is 22.2 Å². The number of benzene rings is 6. The van der Waals surface area contributed by atoms with E-state index in [1.807, 2.05) is 0 Å². The van der Waals surface area contributed by atoms with Gasteiger partial charge in [-0.05, 0) is 115 Å². The maximum absolute atomic E-state index is 3.60. The molecule has 1 N–H and O–H groups in total. The molecule has 2 aliphatic rings. The summed E-state index contributed by atoms with van der Waals surface area (Å²) in [5, 5.41) is 8.90. The van der Waals surface area contributed by atoms with Crippen LogP contribution >= 0.6 is 0 Å². The average molecular weight is 502 g/mol. The Hall–Kier alpha value is -4.36. The molecular weight excluding hydrogens is 470 g/mol. The second-order valence-electron chi connectivity index (χ2n) is 12.4. The first kappa shape index (κ1) is 22.6. The second kappa shape index (κ2) is 7.61. The summed E-state index contributed by atoms with van der Waals surface area (Å²) in [7, 11) is 0. The molecule has 0 bridgehead atoms. The molecule has 1 nitrogen and oxygen atoms in total. The minimum atomic E-state index is -0.0789. The molecule has 6 aromatic carbocycles. The molecule has 0 aromatic heterocycles. The molecule has 6 aromatic rings. The minimum Gasteiger partial charge on any atom is -0.356 e. The highest BCUT2D eigenvalue weighted by Gasteiger charge is 2.41. The Morgan fingerprint density at radius 3 is 1.77 bits per heavy atom. The lowest BCUT2D eigenvalue weighted by Crippen LogP contribution is -2.17.